The first-order chi connectivity index (χ1) is 6.86. The van der Waals surface area contributed by atoms with Crippen molar-refractivity contribution in [3.8, 4) is 0 Å². The lowest BCUT2D eigenvalue weighted by Gasteiger charge is -2.27. The van der Waals surface area contributed by atoms with E-state index in [0.717, 1.165) is 19.4 Å². The van der Waals surface area contributed by atoms with Crippen molar-refractivity contribution in [3.05, 3.63) is 0 Å². The Morgan fingerprint density at radius 2 is 1.79 bits per heavy atom. The van der Waals surface area contributed by atoms with Gasteiger partial charge in [0.05, 0.1) is 0 Å². The molecule has 2 rings (SSSR count). The van der Waals surface area contributed by atoms with Gasteiger partial charge in [-0.3, -0.25) is 0 Å². The Kier molecular flexibility index (Phi) is 3.80. The van der Waals surface area contributed by atoms with E-state index in [-0.39, 0.29) is 6.04 Å². The van der Waals surface area contributed by atoms with Crippen molar-refractivity contribution >= 4 is 0 Å². The van der Waals surface area contributed by atoms with E-state index in [1.807, 2.05) is 0 Å². The van der Waals surface area contributed by atoms with Crippen molar-refractivity contribution in [3.63, 3.8) is 0 Å². The molecule has 1 aliphatic carbocycles. The summed E-state index contributed by atoms with van der Waals surface area (Å²) in [5.74, 6) is 0.689. The third-order valence-electron chi connectivity index (χ3n) is 3.82. The monoisotopic (exact) mass is 199 g/mol. The third-order valence-corrected chi connectivity index (χ3v) is 3.82. The Bertz CT molecular complexity index is 160. The molecule has 2 unspecified atom stereocenters. The highest BCUT2D eigenvalue weighted by Gasteiger charge is 2.26. The van der Waals surface area contributed by atoms with Crippen LogP contribution in [-0.2, 0) is 0 Å². The number of halogens is 1. The Morgan fingerprint density at radius 1 is 1.07 bits per heavy atom. The van der Waals surface area contributed by atoms with Gasteiger partial charge >= 0.3 is 0 Å². The van der Waals surface area contributed by atoms with Crippen molar-refractivity contribution in [2.24, 2.45) is 5.92 Å². The zero-order valence-corrected chi connectivity index (χ0v) is 8.97. The van der Waals surface area contributed by atoms with Gasteiger partial charge in [-0.05, 0) is 31.7 Å². The van der Waals surface area contributed by atoms with Crippen molar-refractivity contribution < 1.29 is 4.39 Å². The highest BCUT2D eigenvalue weighted by atomic mass is 19.1. The number of nitrogens with one attached hydrogen (secondary N) is 1. The molecule has 0 amide bonds. The maximum Gasteiger partial charge on any atom is 0.116 e. The van der Waals surface area contributed by atoms with Gasteiger partial charge in [-0.1, -0.05) is 32.1 Å². The van der Waals surface area contributed by atoms with Gasteiger partial charge in [0.1, 0.15) is 6.17 Å². The summed E-state index contributed by atoms with van der Waals surface area (Å²) in [7, 11) is 0. The minimum atomic E-state index is -0.585. The normalized spacial score (nSPS) is 31.9. The maximum atomic E-state index is 13.9. The lowest BCUT2D eigenvalue weighted by molar-refractivity contribution is 0.183. The van der Waals surface area contributed by atoms with Gasteiger partial charge in [0.25, 0.3) is 0 Å². The molecule has 14 heavy (non-hydrogen) atoms. The van der Waals surface area contributed by atoms with Crippen LogP contribution in [0.3, 0.4) is 0 Å². The number of hydrogen-bond acceptors (Lipinski definition) is 1. The van der Waals surface area contributed by atoms with Gasteiger partial charge < -0.3 is 5.32 Å². The Hall–Kier alpha value is -0.110. The van der Waals surface area contributed by atoms with E-state index >= 15 is 0 Å². The fourth-order valence-corrected chi connectivity index (χ4v) is 2.92. The molecule has 2 atom stereocenters. The molecule has 1 saturated carbocycles. The van der Waals surface area contributed by atoms with Crippen LogP contribution in [0.2, 0.25) is 0 Å². The highest BCUT2D eigenvalue weighted by molar-refractivity contribution is 4.82. The average molecular weight is 199 g/mol. The van der Waals surface area contributed by atoms with Crippen LogP contribution in [0.15, 0.2) is 0 Å². The molecular formula is C12H22FN. The predicted molar refractivity (Wildman–Crippen MR) is 57.1 cm³/mol. The average Bonchev–Trinajstić information content (AvgIpc) is 2.72. The summed E-state index contributed by atoms with van der Waals surface area (Å²) in [6.45, 7) is 1.02. The molecular weight excluding hydrogens is 177 g/mol. The van der Waals surface area contributed by atoms with Gasteiger partial charge in [-0.2, -0.15) is 0 Å². The zero-order chi connectivity index (χ0) is 9.80. The molecule has 2 aliphatic rings. The molecule has 1 aliphatic heterocycles. The molecule has 0 aromatic carbocycles. The molecule has 2 fully saturated rings. The molecule has 82 valence electrons. The number of hydrogen-bond donors (Lipinski definition) is 1. The van der Waals surface area contributed by atoms with Crippen LogP contribution in [0.25, 0.3) is 0 Å². The van der Waals surface area contributed by atoms with Crippen LogP contribution in [0.1, 0.15) is 51.4 Å². The molecule has 0 radical (unpaired) electrons. The summed E-state index contributed by atoms with van der Waals surface area (Å²) in [5.41, 5.74) is 0. The third kappa shape index (κ3) is 2.69. The standard InChI is InChI=1S/C12H22FN/c13-11(9-10-5-1-2-6-10)12-7-3-4-8-14-12/h10-12,14H,1-9H2. The smallest absolute Gasteiger partial charge is 0.116 e. The van der Waals surface area contributed by atoms with E-state index in [0.29, 0.717) is 5.92 Å². The topological polar surface area (TPSA) is 12.0 Å². The fraction of sp³-hybridized carbons (Fsp3) is 1.00. The summed E-state index contributed by atoms with van der Waals surface area (Å²) in [4.78, 5) is 0. The number of rotatable bonds is 3. The summed E-state index contributed by atoms with van der Waals surface area (Å²) in [6.07, 6.45) is 8.92. The predicted octanol–water partition coefficient (Wildman–Crippen LogP) is 3.05. The summed E-state index contributed by atoms with van der Waals surface area (Å²) >= 11 is 0. The van der Waals surface area contributed by atoms with Crippen molar-refractivity contribution in [1.82, 2.24) is 5.32 Å². The summed E-state index contributed by atoms with van der Waals surface area (Å²) in [6, 6.07) is 0.171. The lowest BCUT2D eigenvalue weighted by atomic mass is 9.92. The molecule has 1 heterocycles. The molecule has 0 bridgehead atoms. The largest absolute Gasteiger partial charge is 0.311 e. The van der Waals surface area contributed by atoms with E-state index in [1.165, 1.54) is 38.5 Å². The van der Waals surface area contributed by atoms with E-state index in [9.17, 15) is 4.39 Å². The molecule has 1 saturated heterocycles. The first-order valence-corrected chi connectivity index (χ1v) is 6.24. The molecule has 1 nitrogen and oxygen atoms in total. The fourth-order valence-electron chi connectivity index (χ4n) is 2.92. The Morgan fingerprint density at radius 3 is 2.43 bits per heavy atom. The highest BCUT2D eigenvalue weighted by Crippen LogP contribution is 2.31. The zero-order valence-electron chi connectivity index (χ0n) is 8.97. The maximum absolute atomic E-state index is 13.9. The van der Waals surface area contributed by atoms with Gasteiger partial charge in [-0.15, -0.1) is 0 Å². The molecule has 0 spiro atoms. The molecule has 0 aromatic heterocycles. The second-order valence-corrected chi connectivity index (χ2v) is 4.96. The van der Waals surface area contributed by atoms with E-state index in [2.05, 4.69) is 5.32 Å². The van der Waals surface area contributed by atoms with Crippen LogP contribution in [0.5, 0.6) is 0 Å². The van der Waals surface area contributed by atoms with Crippen molar-refractivity contribution in [2.75, 3.05) is 6.54 Å². The molecule has 2 heteroatoms. The summed E-state index contributed by atoms with van der Waals surface area (Å²) < 4.78 is 13.9. The van der Waals surface area contributed by atoms with Crippen LogP contribution in [0.4, 0.5) is 4.39 Å². The Labute approximate surface area is 86.5 Å². The van der Waals surface area contributed by atoms with Crippen LogP contribution >= 0.6 is 0 Å². The van der Waals surface area contributed by atoms with Gasteiger partial charge in [0.2, 0.25) is 0 Å². The van der Waals surface area contributed by atoms with E-state index < -0.39 is 6.17 Å². The lowest BCUT2D eigenvalue weighted by Crippen LogP contribution is -2.41. The van der Waals surface area contributed by atoms with Crippen molar-refractivity contribution in [2.45, 2.75) is 63.6 Å². The van der Waals surface area contributed by atoms with Gasteiger partial charge in [0, 0.05) is 6.04 Å². The van der Waals surface area contributed by atoms with Crippen LogP contribution in [0, 0.1) is 5.92 Å². The second kappa shape index (κ2) is 5.11. The summed E-state index contributed by atoms with van der Waals surface area (Å²) in [5, 5.41) is 3.32. The van der Waals surface area contributed by atoms with Gasteiger partial charge in [0.15, 0.2) is 0 Å². The first-order valence-electron chi connectivity index (χ1n) is 6.24. The minimum absolute atomic E-state index is 0.171. The first kappa shape index (κ1) is 10.4. The van der Waals surface area contributed by atoms with E-state index in [1.54, 1.807) is 0 Å². The van der Waals surface area contributed by atoms with E-state index in [4.69, 9.17) is 0 Å². The van der Waals surface area contributed by atoms with Crippen molar-refractivity contribution in [1.29, 1.82) is 0 Å². The molecule has 1 N–H and O–H groups in total. The second-order valence-electron chi connectivity index (χ2n) is 4.96. The number of piperidine rings is 1. The molecule has 0 aromatic rings. The number of alkyl halides is 1. The Balaban J connectivity index is 1.72. The van der Waals surface area contributed by atoms with Crippen LogP contribution < -0.4 is 5.32 Å². The quantitative estimate of drug-likeness (QED) is 0.736. The van der Waals surface area contributed by atoms with Gasteiger partial charge in [-0.25, -0.2) is 4.39 Å². The SMILES string of the molecule is FC(CC1CCCC1)C1CCCCN1. The van der Waals surface area contributed by atoms with Crippen LogP contribution in [-0.4, -0.2) is 18.8 Å². The minimum Gasteiger partial charge on any atom is -0.311 e.